The third-order valence-corrected chi connectivity index (χ3v) is 5.49. The molecule has 0 saturated carbocycles. The highest BCUT2D eigenvalue weighted by molar-refractivity contribution is 7.98. The van der Waals surface area contributed by atoms with Crippen LogP contribution in [0.4, 0.5) is 0 Å². The Balaban J connectivity index is 1.89. The second-order valence-electron chi connectivity index (χ2n) is 6.48. The number of aliphatic imine (C=N–C) groups is 1. The van der Waals surface area contributed by atoms with Gasteiger partial charge in [0.25, 0.3) is 5.91 Å². The summed E-state index contributed by atoms with van der Waals surface area (Å²) in [6, 6.07) is 15.5. The van der Waals surface area contributed by atoms with Crippen LogP contribution in [0.2, 0.25) is 5.02 Å². The van der Waals surface area contributed by atoms with Crippen molar-refractivity contribution in [1.29, 1.82) is 0 Å². The molecular weight excluding hydrogens is 392 g/mol. The standard InChI is InChI=1S/C21H27ClN4OS/c1-23-21(25-14-19(28-4)17-6-5-7-18(22)12-17)24-13-15-8-10-16(11-9-15)20(27)26(2)3/h5-12,19H,13-14H2,1-4H3,(H2,23,24,25). The molecule has 0 spiro atoms. The van der Waals surface area contributed by atoms with Gasteiger partial charge in [0.1, 0.15) is 0 Å². The van der Waals surface area contributed by atoms with Gasteiger partial charge >= 0.3 is 0 Å². The van der Waals surface area contributed by atoms with Gasteiger partial charge in [-0.2, -0.15) is 11.8 Å². The van der Waals surface area contributed by atoms with Crippen LogP contribution in [0, 0.1) is 0 Å². The van der Waals surface area contributed by atoms with E-state index in [1.54, 1.807) is 37.8 Å². The summed E-state index contributed by atoms with van der Waals surface area (Å²) in [5.74, 6) is 0.732. The first-order valence-electron chi connectivity index (χ1n) is 8.98. The maximum Gasteiger partial charge on any atom is 0.253 e. The van der Waals surface area contributed by atoms with E-state index in [1.807, 2.05) is 42.5 Å². The molecule has 2 rings (SSSR count). The van der Waals surface area contributed by atoms with Crippen LogP contribution in [0.15, 0.2) is 53.5 Å². The van der Waals surface area contributed by atoms with Crippen molar-refractivity contribution in [3.05, 3.63) is 70.2 Å². The Morgan fingerprint density at radius 2 is 1.89 bits per heavy atom. The largest absolute Gasteiger partial charge is 0.355 e. The number of guanidine groups is 1. The molecule has 7 heteroatoms. The first-order chi connectivity index (χ1) is 13.4. The van der Waals surface area contributed by atoms with E-state index in [2.05, 4.69) is 27.9 Å². The third-order valence-electron chi connectivity index (χ3n) is 4.25. The quantitative estimate of drug-likeness (QED) is 0.530. The first kappa shape index (κ1) is 22.1. The van der Waals surface area contributed by atoms with Crippen molar-refractivity contribution >= 4 is 35.2 Å². The Morgan fingerprint density at radius 1 is 1.18 bits per heavy atom. The summed E-state index contributed by atoms with van der Waals surface area (Å²) in [5, 5.41) is 7.69. The molecule has 28 heavy (non-hydrogen) atoms. The fraction of sp³-hybridized carbons (Fsp3) is 0.333. The van der Waals surface area contributed by atoms with Crippen molar-refractivity contribution in [1.82, 2.24) is 15.5 Å². The van der Waals surface area contributed by atoms with Crippen LogP contribution in [-0.4, -0.2) is 50.7 Å². The lowest BCUT2D eigenvalue weighted by Gasteiger charge is -2.18. The Morgan fingerprint density at radius 3 is 2.46 bits per heavy atom. The van der Waals surface area contributed by atoms with Crippen molar-refractivity contribution in [2.75, 3.05) is 33.9 Å². The molecule has 0 aromatic heterocycles. The molecule has 0 aliphatic heterocycles. The molecular formula is C21H27ClN4OS. The zero-order chi connectivity index (χ0) is 20.5. The lowest BCUT2D eigenvalue weighted by Crippen LogP contribution is -2.38. The van der Waals surface area contributed by atoms with Crippen LogP contribution < -0.4 is 10.6 Å². The summed E-state index contributed by atoms with van der Waals surface area (Å²) in [4.78, 5) is 17.8. The van der Waals surface area contributed by atoms with E-state index < -0.39 is 0 Å². The van der Waals surface area contributed by atoms with Gasteiger partial charge < -0.3 is 15.5 Å². The van der Waals surface area contributed by atoms with Crippen LogP contribution in [0.1, 0.15) is 26.7 Å². The van der Waals surface area contributed by atoms with Gasteiger partial charge in [-0.15, -0.1) is 0 Å². The minimum atomic E-state index is 0.00103. The number of hydrogen-bond acceptors (Lipinski definition) is 3. The van der Waals surface area contributed by atoms with E-state index in [-0.39, 0.29) is 11.2 Å². The Labute approximate surface area is 176 Å². The molecule has 1 atom stereocenters. The molecule has 1 unspecified atom stereocenters. The number of thioether (sulfide) groups is 1. The number of benzene rings is 2. The van der Waals surface area contributed by atoms with Crippen LogP contribution in [-0.2, 0) is 6.54 Å². The molecule has 0 aliphatic carbocycles. The molecule has 0 radical (unpaired) electrons. The fourth-order valence-corrected chi connectivity index (χ4v) is 3.53. The van der Waals surface area contributed by atoms with E-state index in [4.69, 9.17) is 11.6 Å². The molecule has 0 aliphatic rings. The molecule has 5 nitrogen and oxygen atoms in total. The second kappa shape index (κ2) is 11.0. The van der Waals surface area contributed by atoms with Crippen LogP contribution in [0.25, 0.3) is 0 Å². The van der Waals surface area contributed by atoms with Gasteiger partial charge in [0.05, 0.1) is 0 Å². The predicted octanol–water partition coefficient (Wildman–Crippen LogP) is 3.81. The fourth-order valence-electron chi connectivity index (χ4n) is 2.66. The maximum absolute atomic E-state index is 12.0. The molecule has 1 amide bonds. The van der Waals surface area contributed by atoms with Crippen LogP contribution in [0.3, 0.4) is 0 Å². The van der Waals surface area contributed by atoms with E-state index in [0.717, 1.165) is 23.1 Å². The van der Waals surface area contributed by atoms with E-state index in [1.165, 1.54) is 5.56 Å². The monoisotopic (exact) mass is 418 g/mol. The second-order valence-corrected chi connectivity index (χ2v) is 7.96. The smallest absolute Gasteiger partial charge is 0.253 e. The lowest BCUT2D eigenvalue weighted by molar-refractivity contribution is 0.0827. The van der Waals surface area contributed by atoms with Crippen LogP contribution >= 0.6 is 23.4 Å². The van der Waals surface area contributed by atoms with Crippen molar-refractivity contribution in [2.24, 2.45) is 4.99 Å². The number of nitrogens with zero attached hydrogens (tertiary/aromatic N) is 2. The van der Waals surface area contributed by atoms with Crippen molar-refractivity contribution in [3.63, 3.8) is 0 Å². The molecule has 2 aromatic carbocycles. The average molecular weight is 419 g/mol. The zero-order valence-corrected chi connectivity index (χ0v) is 18.3. The van der Waals surface area contributed by atoms with E-state index >= 15 is 0 Å². The molecule has 0 saturated heterocycles. The average Bonchev–Trinajstić information content (AvgIpc) is 2.70. The zero-order valence-electron chi connectivity index (χ0n) is 16.7. The first-order valence-corrected chi connectivity index (χ1v) is 10.6. The van der Waals surface area contributed by atoms with Gasteiger partial charge in [-0.05, 0) is 41.6 Å². The molecule has 0 bridgehead atoms. The van der Waals surface area contributed by atoms with E-state index in [9.17, 15) is 4.79 Å². The van der Waals surface area contributed by atoms with Gasteiger partial charge in [0.15, 0.2) is 5.96 Å². The van der Waals surface area contributed by atoms with Gasteiger partial charge in [0, 0.05) is 50.1 Å². The molecule has 0 fully saturated rings. The summed E-state index contributed by atoms with van der Waals surface area (Å²) in [7, 11) is 5.25. The topological polar surface area (TPSA) is 56.7 Å². The molecule has 150 valence electrons. The molecule has 0 heterocycles. The SMILES string of the molecule is CN=C(NCc1ccc(C(=O)N(C)C)cc1)NCC(SC)c1cccc(Cl)c1. The van der Waals surface area contributed by atoms with Crippen molar-refractivity contribution < 1.29 is 4.79 Å². The number of carbonyl (C=O) groups excluding carboxylic acids is 1. The van der Waals surface area contributed by atoms with Gasteiger partial charge in [-0.25, -0.2) is 0 Å². The van der Waals surface area contributed by atoms with Gasteiger partial charge in [0.2, 0.25) is 0 Å². The number of amides is 1. The summed E-state index contributed by atoms with van der Waals surface area (Å²) < 4.78 is 0. The van der Waals surface area contributed by atoms with Crippen LogP contribution in [0.5, 0.6) is 0 Å². The minimum Gasteiger partial charge on any atom is -0.355 e. The third kappa shape index (κ3) is 6.46. The lowest BCUT2D eigenvalue weighted by atomic mass is 10.1. The highest BCUT2D eigenvalue weighted by Crippen LogP contribution is 2.27. The number of nitrogens with one attached hydrogen (secondary N) is 2. The maximum atomic E-state index is 12.0. The Hall–Kier alpha value is -2.18. The summed E-state index contributed by atoms with van der Waals surface area (Å²) in [6.45, 7) is 1.36. The number of hydrogen-bond donors (Lipinski definition) is 2. The van der Waals surface area contributed by atoms with Crippen molar-refractivity contribution in [3.8, 4) is 0 Å². The summed E-state index contributed by atoms with van der Waals surface area (Å²) >= 11 is 7.88. The summed E-state index contributed by atoms with van der Waals surface area (Å²) in [6.07, 6.45) is 2.08. The normalized spacial score (nSPS) is 12.4. The number of halogens is 1. The molecule has 2 aromatic rings. The van der Waals surface area contributed by atoms with E-state index in [0.29, 0.717) is 12.1 Å². The minimum absolute atomic E-state index is 0.00103. The predicted molar refractivity (Wildman–Crippen MR) is 120 cm³/mol. The van der Waals surface area contributed by atoms with Crippen molar-refractivity contribution in [2.45, 2.75) is 11.8 Å². The number of carbonyl (C=O) groups is 1. The highest BCUT2D eigenvalue weighted by Gasteiger charge is 2.12. The van der Waals surface area contributed by atoms with Gasteiger partial charge in [-0.1, -0.05) is 35.9 Å². The number of rotatable bonds is 7. The Bertz CT molecular complexity index is 808. The Kier molecular flexibility index (Phi) is 8.67. The highest BCUT2D eigenvalue weighted by atomic mass is 35.5. The summed E-state index contributed by atoms with van der Waals surface area (Å²) in [5.41, 5.74) is 2.94. The van der Waals surface area contributed by atoms with Gasteiger partial charge in [-0.3, -0.25) is 9.79 Å². The molecule has 2 N–H and O–H groups in total.